The summed E-state index contributed by atoms with van der Waals surface area (Å²) in [6.45, 7) is 3.80. The molecule has 1 amide bonds. The zero-order valence-corrected chi connectivity index (χ0v) is 7.74. The Hall–Kier alpha value is -0.610. The van der Waals surface area contributed by atoms with Crippen LogP contribution in [-0.2, 0) is 14.3 Å². The lowest BCUT2D eigenvalue weighted by atomic mass is 10.0. The Morgan fingerprint density at radius 3 is 2.85 bits per heavy atom. The molecule has 2 bridgehead atoms. The predicted molar refractivity (Wildman–Crippen MR) is 43.9 cm³/mol. The molecule has 2 saturated heterocycles. The fourth-order valence-electron chi connectivity index (χ4n) is 2.67. The molecule has 4 nitrogen and oxygen atoms in total. The number of amides is 1. The van der Waals surface area contributed by atoms with E-state index in [4.69, 9.17) is 9.47 Å². The van der Waals surface area contributed by atoms with Crippen molar-refractivity contribution in [1.82, 2.24) is 5.32 Å². The number of ether oxygens (including phenoxy) is 2. The molecule has 0 unspecified atom stereocenters. The van der Waals surface area contributed by atoms with Crippen LogP contribution >= 0.6 is 0 Å². The first-order chi connectivity index (χ1) is 6.07. The molecular formula is C9H13NO3. The summed E-state index contributed by atoms with van der Waals surface area (Å²) in [5.74, 6) is -0.359. The Morgan fingerprint density at radius 1 is 1.38 bits per heavy atom. The number of hydrogen-bond acceptors (Lipinski definition) is 3. The normalized spacial score (nSPS) is 50.8. The molecule has 3 fully saturated rings. The van der Waals surface area contributed by atoms with Crippen molar-refractivity contribution in [2.45, 2.75) is 44.3 Å². The van der Waals surface area contributed by atoms with E-state index in [1.807, 2.05) is 13.8 Å². The van der Waals surface area contributed by atoms with Crippen LogP contribution in [0.2, 0.25) is 0 Å². The largest absolute Gasteiger partial charge is 0.350 e. The lowest BCUT2D eigenvalue weighted by molar-refractivity contribution is -0.155. The molecule has 3 aliphatic rings. The highest BCUT2D eigenvalue weighted by molar-refractivity contribution is 5.83. The van der Waals surface area contributed by atoms with Gasteiger partial charge >= 0.3 is 0 Å². The van der Waals surface area contributed by atoms with Gasteiger partial charge in [-0.05, 0) is 20.3 Å². The Morgan fingerprint density at radius 2 is 2.08 bits per heavy atom. The van der Waals surface area contributed by atoms with Gasteiger partial charge in [0.2, 0.25) is 5.91 Å². The van der Waals surface area contributed by atoms with Gasteiger partial charge in [0, 0.05) is 0 Å². The number of carbonyl (C=O) groups excluding carboxylic acids is 1. The Kier molecular flexibility index (Phi) is 1.23. The Labute approximate surface area is 76.6 Å². The molecule has 1 N–H and O–H groups in total. The highest BCUT2D eigenvalue weighted by atomic mass is 16.8. The van der Waals surface area contributed by atoms with E-state index in [0.717, 1.165) is 6.42 Å². The van der Waals surface area contributed by atoms with Crippen molar-refractivity contribution in [1.29, 1.82) is 0 Å². The number of nitrogens with one attached hydrogen (secondary N) is 1. The van der Waals surface area contributed by atoms with Gasteiger partial charge in [-0.2, -0.15) is 0 Å². The smallest absolute Gasteiger partial charge is 0.226 e. The highest BCUT2D eigenvalue weighted by Gasteiger charge is 2.60. The fourth-order valence-corrected chi connectivity index (χ4v) is 2.67. The van der Waals surface area contributed by atoms with Crippen LogP contribution in [0.1, 0.15) is 20.3 Å². The number of piperidine rings is 1. The summed E-state index contributed by atoms with van der Waals surface area (Å²) in [5.41, 5.74) is 0. The number of hydrogen-bond donors (Lipinski definition) is 1. The third-order valence-electron chi connectivity index (χ3n) is 3.13. The van der Waals surface area contributed by atoms with Crippen molar-refractivity contribution in [3.63, 3.8) is 0 Å². The molecule has 3 rings (SSSR count). The van der Waals surface area contributed by atoms with Gasteiger partial charge in [-0.3, -0.25) is 4.79 Å². The highest BCUT2D eigenvalue weighted by Crippen LogP contribution is 2.44. The first kappa shape index (κ1) is 7.76. The van der Waals surface area contributed by atoms with E-state index in [0.29, 0.717) is 0 Å². The minimum Gasteiger partial charge on any atom is -0.350 e. The maximum atomic E-state index is 11.3. The Bertz CT molecular complexity index is 276. The van der Waals surface area contributed by atoms with Crippen LogP contribution in [0.25, 0.3) is 0 Å². The zero-order chi connectivity index (χ0) is 9.22. The number of rotatable bonds is 0. The lowest BCUT2D eigenvalue weighted by Crippen LogP contribution is -2.47. The maximum absolute atomic E-state index is 11.3. The summed E-state index contributed by atoms with van der Waals surface area (Å²) in [6.07, 6.45) is 0.955. The monoisotopic (exact) mass is 183 g/mol. The first-order valence-corrected chi connectivity index (χ1v) is 4.73. The molecule has 0 radical (unpaired) electrons. The van der Waals surface area contributed by atoms with Gasteiger partial charge in [0.1, 0.15) is 12.2 Å². The van der Waals surface area contributed by atoms with Gasteiger partial charge in [0.15, 0.2) is 5.79 Å². The second-order valence-electron chi connectivity index (χ2n) is 4.52. The summed E-state index contributed by atoms with van der Waals surface area (Å²) in [4.78, 5) is 11.3. The van der Waals surface area contributed by atoms with Gasteiger partial charge in [-0.25, -0.2) is 0 Å². The van der Waals surface area contributed by atoms with Crippen molar-refractivity contribution >= 4 is 5.91 Å². The molecule has 0 aromatic carbocycles. The molecule has 72 valence electrons. The van der Waals surface area contributed by atoms with E-state index in [1.54, 1.807) is 0 Å². The van der Waals surface area contributed by atoms with Gasteiger partial charge in [0.05, 0.1) is 12.0 Å². The van der Waals surface area contributed by atoms with Crippen LogP contribution in [0.4, 0.5) is 0 Å². The maximum Gasteiger partial charge on any atom is 0.226 e. The SMILES string of the molecule is CC1(C)O[C@@H]2[C@H](O1)[C@@H]1C[C@H]2C(=O)N1. The topological polar surface area (TPSA) is 47.6 Å². The summed E-state index contributed by atoms with van der Waals surface area (Å²) < 4.78 is 11.4. The van der Waals surface area contributed by atoms with Crippen LogP contribution in [-0.4, -0.2) is 29.9 Å². The minimum absolute atomic E-state index is 0.00579. The summed E-state index contributed by atoms with van der Waals surface area (Å²) in [5, 5.41) is 2.92. The van der Waals surface area contributed by atoms with Crippen LogP contribution in [0.3, 0.4) is 0 Å². The third-order valence-corrected chi connectivity index (χ3v) is 3.13. The second-order valence-corrected chi connectivity index (χ2v) is 4.52. The van der Waals surface area contributed by atoms with E-state index >= 15 is 0 Å². The van der Waals surface area contributed by atoms with Crippen LogP contribution in [0.5, 0.6) is 0 Å². The molecule has 1 aliphatic carbocycles. The van der Waals surface area contributed by atoms with Gasteiger partial charge in [-0.1, -0.05) is 0 Å². The molecule has 1 saturated carbocycles. The van der Waals surface area contributed by atoms with Gasteiger partial charge < -0.3 is 14.8 Å². The molecule has 4 atom stereocenters. The number of fused-ring (bicyclic) bond motifs is 5. The summed E-state index contributed by atoms with van der Waals surface area (Å²) >= 11 is 0. The number of carbonyl (C=O) groups is 1. The average Bonchev–Trinajstić information content (AvgIpc) is 2.56. The van der Waals surface area contributed by atoms with Crippen molar-refractivity contribution in [3.8, 4) is 0 Å². The van der Waals surface area contributed by atoms with Gasteiger partial charge in [-0.15, -0.1) is 0 Å². The zero-order valence-electron chi connectivity index (χ0n) is 7.74. The van der Waals surface area contributed by atoms with E-state index in [1.165, 1.54) is 0 Å². The van der Waals surface area contributed by atoms with Crippen LogP contribution in [0, 0.1) is 5.92 Å². The molecule has 0 aromatic rings. The lowest BCUT2D eigenvalue weighted by Gasteiger charge is -2.21. The standard InChI is InChI=1S/C9H13NO3/c1-9(2)12-6-4-3-5(7(6)13-9)10-8(4)11/h4-7H,3H2,1-2H3,(H,10,11)/t4-,5+,6+,7-/m1/s1. The second kappa shape index (κ2) is 2.07. The molecule has 0 aromatic heterocycles. The fraction of sp³-hybridized carbons (Fsp3) is 0.889. The van der Waals surface area contributed by atoms with Crippen molar-refractivity contribution in [3.05, 3.63) is 0 Å². The molecular weight excluding hydrogens is 170 g/mol. The average molecular weight is 183 g/mol. The molecule has 2 heterocycles. The van der Waals surface area contributed by atoms with E-state index in [9.17, 15) is 4.79 Å². The predicted octanol–water partition coefficient (Wildman–Crippen LogP) is 0.0248. The third kappa shape index (κ3) is 0.901. The van der Waals surface area contributed by atoms with E-state index < -0.39 is 5.79 Å². The molecule has 4 heteroatoms. The van der Waals surface area contributed by atoms with Crippen molar-refractivity contribution in [2.24, 2.45) is 5.92 Å². The quantitative estimate of drug-likeness (QED) is 0.576. The molecule has 2 aliphatic heterocycles. The summed E-state index contributed by atoms with van der Waals surface area (Å²) in [6, 6.07) is 0.185. The molecule has 13 heavy (non-hydrogen) atoms. The van der Waals surface area contributed by atoms with E-state index in [2.05, 4.69) is 5.32 Å². The van der Waals surface area contributed by atoms with Crippen molar-refractivity contribution in [2.75, 3.05) is 0 Å². The minimum atomic E-state index is -0.515. The molecule has 0 spiro atoms. The van der Waals surface area contributed by atoms with Crippen LogP contribution < -0.4 is 5.32 Å². The van der Waals surface area contributed by atoms with Crippen LogP contribution in [0.15, 0.2) is 0 Å². The van der Waals surface area contributed by atoms with Gasteiger partial charge in [0.25, 0.3) is 0 Å². The summed E-state index contributed by atoms with van der Waals surface area (Å²) in [7, 11) is 0. The first-order valence-electron chi connectivity index (χ1n) is 4.73. The Balaban J connectivity index is 1.91. The van der Waals surface area contributed by atoms with Crippen molar-refractivity contribution < 1.29 is 14.3 Å². The van der Waals surface area contributed by atoms with E-state index in [-0.39, 0.29) is 30.1 Å².